The molecule has 10 heteroatoms. The maximum atomic E-state index is 13.9. The maximum Gasteiger partial charge on any atom is 0.433 e. The third kappa shape index (κ3) is 2.77. The lowest BCUT2D eigenvalue weighted by atomic mass is 9.95. The smallest absolute Gasteiger partial charge is 0.251 e. The molecule has 1 aromatic heterocycles. The largest absolute Gasteiger partial charge is 0.433 e. The van der Waals surface area contributed by atoms with Crippen LogP contribution in [0.5, 0.6) is 0 Å². The summed E-state index contributed by atoms with van der Waals surface area (Å²) in [6, 6.07) is 2.28. The van der Waals surface area contributed by atoms with Gasteiger partial charge in [-0.1, -0.05) is 0 Å². The summed E-state index contributed by atoms with van der Waals surface area (Å²) in [6.07, 6.45) is -5.40. The van der Waals surface area contributed by atoms with Crippen molar-refractivity contribution in [1.82, 2.24) is 4.98 Å². The van der Waals surface area contributed by atoms with Gasteiger partial charge < -0.3 is 0 Å². The van der Waals surface area contributed by atoms with Crippen molar-refractivity contribution in [2.45, 2.75) is 12.6 Å². The average Bonchev–Trinajstić information content (AvgIpc) is 2.51. The van der Waals surface area contributed by atoms with E-state index in [0.29, 0.717) is 6.20 Å². The van der Waals surface area contributed by atoms with Crippen molar-refractivity contribution in [3.05, 3.63) is 52.6 Å². The Morgan fingerprint density at radius 1 is 0.875 bits per heavy atom. The van der Waals surface area contributed by atoms with E-state index in [1.807, 2.05) is 0 Å². The highest BCUT2D eigenvalue weighted by Gasteiger charge is 2.39. The van der Waals surface area contributed by atoms with E-state index in [4.69, 9.17) is 5.26 Å². The number of hydrogen-bond acceptors (Lipinski definition) is 2. The zero-order valence-corrected chi connectivity index (χ0v) is 11.3. The minimum Gasteiger partial charge on any atom is -0.251 e. The number of nitrogens with zero attached hydrogens (tertiary/aromatic N) is 2. The number of halogens is 8. The van der Waals surface area contributed by atoms with Gasteiger partial charge >= 0.3 is 6.18 Å². The summed E-state index contributed by atoms with van der Waals surface area (Å²) in [4.78, 5) is 2.93. The predicted molar refractivity (Wildman–Crippen MR) is 63.8 cm³/mol. The molecule has 0 aliphatic carbocycles. The molecule has 0 unspecified atom stereocenters. The van der Waals surface area contributed by atoms with Crippen LogP contribution in [0.25, 0.3) is 11.1 Å². The summed E-state index contributed by atoms with van der Waals surface area (Å²) in [5, 5.41) is 8.63. The van der Waals surface area contributed by atoms with Crippen molar-refractivity contribution >= 4 is 0 Å². The molecule has 0 atom stereocenters. The van der Waals surface area contributed by atoms with Crippen LogP contribution in [0.1, 0.15) is 11.3 Å². The first kappa shape index (κ1) is 17.7. The second-order valence-corrected chi connectivity index (χ2v) is 4.47. The van der Waals surface area contributed by atoms with Crippen LogP contribution in [0.4, 0.5) is 35.1 Å². The van der Waals surface area contributed by atoms with Gasteiger partial charge in [-0.3, -0.25) is 4.98 Å². The molecule has 0 bridgehead atoms. The summed E-state index contributed by atoms with van der Waals surface area (Å²) < 4.78 is 107. The number of benzene rings is 1. The molecule has 2 aromatic rings. The Labute approximate surface area is 129 Å². The Kier molecular flexibility index (Phi) is 4.46. The highest BCUT2D eigenvalue weighted by Crippen LogP contribution is 2.41. The van der Waals surface area contributed by atoms with Crippen molar-refractivity contribution in [2.24, 2.45) is 0 Å². The fourth-order valence-corrected chi connectivity index (χ4v) is 2.05. The highest BCUT2D eigenvalue weighted by atomic mass is 19.4. The normalized spacial score (nSPS) is 11.5. The summed E-state index contributed by atoms with van der Waals surface area (Å²) in [7, 11) is 0. The third-order valence-corrected chi connectivity index (χ3v) is 3.04. The number of nitriles is 1. The molecule has 24 heavy (non-hydrogen) atoms. The van der Waals surface area contributed by atoms with Crippen molar-refractivity contribution < 1.29 is 35.1 Å². The van der Waals surface area contributed by atoms with E-state index in [2.05, 4.69) is 4.98 Å². The number of aromatic nitrogens is 1. The predicted octanol–water partition coefficient (Wildman–Crippen LogP) is 4.53. The van der Waals surface area contributed by atoms with Gasteiger partial charge in [-0.25, -0.2) is 22.0 Å². The Morgan fingerprint density at radius 3 is 1.83 bits per heavy atom. The standard InChI is InChI=1S/C14H4F8N2/c15-8-7(9(16)11(18)12(19)10(8)17)6-5(1-3-23)2-4-24-13(6)14(20,21)22/h2,4H,1H2. The number of hydrogen-bond donors (Lipinski definition) is 0. The van der Waals surface area contributed by atoms with Crippen LogP contribution in [0.15, 0.2) is 12.3 Å². The zero-order valence-electron chi connectivity index (χ0n) is 11.3. The van der Waals surface area contributed by atoms with Gasteiger partial charge in [0.1, 0.15) is 0 Å². The summed E-state index contributed by atoms with van der Waals surface area (Å²) in [6.45, 7) is 0. The minimum atomic E-state index is -5.25. The number of rotatable bonds is 2. The maximum absolute atomic E-state index is 13.9. The van der Waals surface area contributed by atoms with Crippen molar-refractivity contribution in [3.63, 3.8) is 0 Å². The monoisotopic (exact) mass is 352 g/mol. The highest BCUT2D eigenvalue weighted by molar-refractivity contribution is 5.72. The van der Waals surface area contributed by atoms with Crippen LogP contribution in [0.2, 0.25) is 0 Å². The number of alkyl halides is 3. The van der Waals surface area contributed by atoms with Gasteiger partial charge in [-0.15, -0.1) is 0 Å². The fraction of sp³-hybridized carbons (Fsp3) is 0.143. The van der Waals surface area contributed by atoms with Gasteiger partial charge in [-0.2, -0.15) is 18.4 Å². The van der Waals surface area contributed by atoms with E-state index in [1.165, 1.54) is 6.07 Å². The lowest BCUT2D eigenvalue weighted by Gasteiger charge is -2.16. The molecule has 0 aliphatic heterocycles. The fourth-order valence-electron chi connectivity index (χ4n) is 2.05. The van der Waals surface area contributed by atoms with Crippen LogP contribution in [-0.2, 0) is 12.6 Å². The first-order valence-electron chi connectivity index (χ1n) is 6.05. The van der Waals surface area contributed by atoms with Crippen LogP contribution in [-0.4, -0.2) is 4.98 Å². The van der Waals surface area contributed by atoms with Crippen LogP contribution in [0, 0.1) is 40.4 Å². The Hall–Kier alpha value is -2.70. The van der Waals surface area contributed by atoms with Crippen molar-refractivity contribution in [3.8, 4) is 17.2 Å². The summed E-state index contributed by atoms with van der Waals surface area (Å²) in [5.74, 6) is -12.2. The Bertz CT molecular complexity index is 822. The minimum absolute atomic E-state index is 0.581. The van der Waals surface area contributed by atoms with E-state index in [-0.39, 0.29) is 0 Å². The molecular formula is C14H4F8N2. The van der Waals surface area contributed by atoms with Crippen molar-refractivity contribution in [1.29, 1.82) is 5.26 Å². The summed E-state index contributed by atoms with van der Waals surface area (Å²) in [5.41, 5.74) is -5.59. The average molecular weight is 352 g/mol. The second kappa shape index (κ2) is 6.07. The first-order chi connectivity index (χ1) is 11.1. The molecule has 2 nitrogen and oxygen atoms in total. The molecule has 0 aliphatic rings. The summed E-state index contributed by atoms with van der Waals surface area (Å²) >= 11 is 0. The molecule has 0 spiro atoms. The van der Waals surface area contributed by atoms with Crippen LogP contribution in [0.3, 0.4) is 0 Å². The van der Waals surface area contributed by atoms with Crippen LogP contribution < -0.4 is 0 Å². The molecule has 0 saturated heterocycles. The Balaban J connectivity index is 3.00. The van der Waals surface area contributed by atoms with Gasteiger partial charge in [0.05, 0.1) is 18.1 Å². The van der Waals surface area contributed by atoms with Gasteiger partial charge in [0.2, 0.25) is 5.82 Å². The topological polar surface area (TPSA) is 36.7 Å². The van der Waals surface area contributed by atoms with E-state index >= 15 is 0 Å². The van der Waals surface area contributed by atoms with Gasteiger partial charge in [-0.05, 0) is 11.6 Å². The molecule has 1 aromatic carbocycles. The third-order valence-electron chi connectivity index (χ3n) is 3.04. The van der Waals surface area contributed by atoms with Crippen molar-refractivity contribution in [2.75, 3.05) is 0 Å². The molecule has 0 radical (unpaired) electrons. The number of pyridine rings is 1. The molecule has 0 amide bonds. The van der Waals surface area contributed by atoms with Gasteiger partial charge in [0.25, 0.3) is 0 Å². The Morgan fingerprint density at radius 2 is 1.38 bits per heavy atom. The lowest BCUT2D eigenvalue weighted by molar-refractivity contribution is -0.140. The molecule has 1 heterocycles. The van der Waals surface area contributed by atoms with Crippen LogP contribution >= 0.6 is 0 Å². The second-order valence-electron chi connectivity index (χ2n) is 4.47. The van der Waals surface area contributed by atoms with Gasteiger partial charge in [0, 0.05) is 11.8 Å². The zero-order chi connectivity index (χ0) is 18.2. The first-order valence-corrected chi connectivity index (χ1v) is 6.05. The molecule has 0 N–H and O–H groups in total. The molecular weight excluding hydrogens is 348 g/mol. The quantitative estimate of drug-likeness (QED) is 0.452. The SMILES string of the molecule is N#CCc1ccnc(C(F)(F)F)c1-c1c(F)c(F)c(F)c(F)c1F. The van der Waals surface area contributed by atoms with Gasteiger partial charge in [0.15, 0.2) is 29.0 Å². The molecule has 2 rings (SSSR count). The molecule has 0 fully saturated rings. The molecule has 0 saturated carbocycles. The van der Waals surface area contributed by atoms with E-state index in [9.17, 15) is 35.1 Å². The lowest BCUT2D eigenvalue weighted by Crippen LogP contribution is -2.14. The molecule has 126 valence electrons. The van der Waals surface area contributed by atoms with E-state index < -0.39 is 64.1 Å². The van der Waals surface area contributed by atoms with E-state index in [0.717, 1.165) is 6.07 Å². The van der Waals surface area contributed by atoms with E-state index in [1.54, 1.807) is 0 Å².